The first-order valence-corrected chi connectivity index (χ1v) is 8.28. The summed E-state index contributed by atoms with van der Waals surface area (Å²) in [5, 5.41) is 4.12. The second kappa shape index (κ2) is 7.83. The normalized spacial score (nSPS) is 16.1. The van der Waals surface area contributed by atoms with E-state index in [2.05, 4.69) is 15.0 Å². The molecular weight excluding hydrogens is 338 g/mol. The Morgan fingerprint density at radius 1 is 1.24 bits per heavy atom. The molecule has 25 heavy (non-hydrogen) atoms. The van der Waals surface area contributed by atoms with Gasteiger partial charge in [-0.15, -0.1) is 0 Å². The number of anilines is 1. The van der Waals surface area contributed by atoms with Crippen molar-refractivity contribution in [3.63, 3.8) is 0 Å². The van der Waals surface area contributed by atoms with Crippen LogP contribution in [0.4, 0.5) is 5.69 Å². The van der Waals surface area contributed by atoms with Gasteiger partial charge in [0.25, 0.3) is 5.91 Å². The summed E-state index contributed by atoms with van der Waals surface area (Å²) in [6, 6.07) is 15.0. The molecule has 0 N–H and O–H groups in total. The third-order valence-electron chi connectivity index (χ3n) is 3.99. The molecule has 1 atom stereocenters. The fourth-order valence-corrected chi connectivity index (χ4v) is 3.05. The van der Waals surface area contributed by atoms with Crippen molar-refractivity contribution in [2.75, 3.05) is 18.0 Å². The highest BCUT2D eigenvalue weighted by Gasteiger charge is 2.26. The number of hydrogen-bond donors (Lipinski definition) is 0. The molecule has 0 saturated carbocycles. The Kier molecular flexibility index (Phi) is 5.33. The number of rotatable bonds is 5. The van der Waals surface area contributed by atoms with E-state index in [1.807, 2.05) is 42.5 Å². The van der Waals surface area contributed by atoms with Crippen LogP contribution in [-0.4, -0.2) is 25.2 Å². The molecule has 126 valence electrons. The molecule has 0 aliphatic carbocycles. The van der Waals surface area contributed by atoms with Gasteiger partial charge >= 0.3 is 0 Å². The van der Waals surface area contributed by atoms with Crippen LogP contribution in [-0.2, 0) is 4.79 Å². The molecule has 0 aromatic heterocycles. The van der Waals surface area contributed by atoms with E-state index in [4.69, 9.17) is 17.1 Å². The number of halogens is 1. The summed E-state index contributed by atoms with van der Waals surface area (Å²) >= 11 is 6.20. The van der Waals surface area contributed by atoms with Crippen LogP contribution in [0.25, 0.3) is 10.4 Å². The van der Waals surface area contributed by atoms with Crippen LogP contribution in [0.3, 0.4) is 0 Å². The molecule has 0 fully saturated rings. The smallest absolute Gasteiger partial charge is 0.269 e. The quantitative estimate of drug-likeness (QED) is 0.336. The Balaban J connectivity index is 2.01. The van der Waals surface area contributed by atoms with Crippen LogP contribution in [0.15, 0.2) is 58.6 Å². The Morgan fingerprint density at radius 2 is 2.04 bits per heavy atom. The van der Waals surface area contributed by atoms with Crippen molar-refractivity contribution >= 4 is 29.4 Å². The van der Waals surface area contributed by atoms with Crippen LogP contribution < -0.4 is 4.90 Å². The maximum atomic E-state index is 12.5. The topological polar surface area (TPSA) is 81.4 Å². The highest BCUT2D eigenvalue weighted by atomic mass is 35.5. The average molecular weight is 354 g/mol. The minimum atomic E-state index is -0.291. The molecule has 0 spiro atoms. The second-order valence-electron chi connectivity index (χ2n) is 5.59. The molecule has 1 unspecified atom stereocenters. The summed E-state index contributed by atoms with van der Waals surface area (Å²) in [5.41, 5.74) is 11.0. The van der Waals surface area contributed by atoms with E-state index in [1.165, 1.54) is 6.21 Å². The lowest BCUT2D eigenvalue weighted by atomic mass is 9.97. The summed E-state index contributed by atoms with van der Waals surface area (Å²) in [7, 11) is 0. The largest absolute Gasteiger partial charge is 0.307 e. The zero-order chi connectivity index (χ0) is 17.6. The van der Waals surface area contributed by atoms with Gasteiger partial charge in [0, 0.05) is 34.3 Å². The van der Waals surface area contributed by atoms with Crippen molar-refractivity contribution in [2.24, 2.45) is 10.1 Å². The van der Waals surface area contributed by atoms with E-state index < -0.39 is 0 Å². The first kappa shape index (κ1) is 17.0. The zero-order valence-corrected chi connectivity index (χ0v) is 14.2. The molecule has 1 aliphatic rings. The van der Waals surface area contributed by atoms with Crippen LogP contribution in [0.5, 0.6) is 0 Å². The maximum absolute atomic E-state index is 12.5. The van der Waals surface area contributed by atoms with Gasteiger partial charge in [-0.25, -0.2) is 0 Å². The molecule has 7 heteroatoms. The standard InChI is InChI=1S/C18H16ClN5O/c19-14-7-8-16-15(11-14)18(13-5-2-1-3-6-13)21-12-17(25)24(16)10-4-9-22-23-20/h1-3,5-8,11-12,18H,4,9-10H2. The minimum absolute atomic E-state index is 0.192. The first-order valence-electron chi connectivity index (χ1n) is 7.90. The van der Waals surface area contributed by atoms with E-state index in [9.17, 15) is 4.79 Å². The third-order valence-corrected chi connectivity index (χ3v) is 4.23. The lowest BCUT2D eigenvalue weighted by molar-refractivity contribution is -0.112. The lowest BCUT2D eigenvalue weighted by Gasteiger charge is -2.23. The van der Waals surface area contributed by atoms with Gasteiger partial charge in [0.2, 0.25) is 0 Å². The molecule has 6 nitrogen and oxygen atoms in total. The van der Waals surface area contributed by atoms with Gasteiger partial charge in [0.1, 0.15) is 6.04 Å². The molecule has 3 rings (SSSR count). The number of aliphatic imine (C=N–C) groups is 1. The molecule has 1 amide bonds. The molecule has 0 radical (unpaired) electrons. The number of carbonyl (C=O) groups excluding carboxylic acids is 1. The predicted molar refractivity (Wildman–Crippen MR) is 99.2 cm³/mol. The van der Waals surface area contributed by atoms with Gasteiger partial charge in [0.05, 0.1) is 6.21 Å². The number of carbonyl (C=O) groups is 1. The fourth-order valence-electron chi connectivity index (χ4n) is 2.87. The Hall–Kier alpha value is -2.82. The van der Waals surface area contributed by atoms with E-state index in [0.717, 1.165) is 16.8 Å². The van der Waals surface area contributed by atoms with Crippen molar-refractivity contribution in [2.45, 2.75) is 12.5 Å². The van der Waals surface area contributed by atoms with Crippen LogP contribution >= 0.6 is 11.6 Å². The SMILES string of the molecule is [N-]=[N+]=NCCCN1C(=O)C=NC(c2ccccc2)c2cc(Cl)ccc21. The van der Waals surface area contributed by atoms with Crippen LogP contribution in [0.2, 0.25) is 5.02 Å². The first-order chi connectivity index (χ1) is 12.2. The van der Waals surface area contributed by atoms with Crippen molar-refractivity contribution in [3.05, 3.63) is 75.1 Å². The molecule has 0 saturated heterocycles. The Labute approximate surface area is 150 Å². The van der Waals surface area contributed by atoms with E-state index in [1.54, 1.807) is 11.0 Å². The average Bonchev–Trinajstić information content (AvgIpc) is 2.76. The number of nitrogens with zero attached hydrogens (tertiary/aromatic N) is 5. The van der Waals surface area contributed by atoms with Crippen LogP contribution in [0, 0.1) is 0 Å². The zero-order valence-electron chi connectivity index (χ0n) is 13.4. The van der Waals surface area contributed by atoms with Gasteiger partial charge in [-0.1, -0.05) is 47.0 Å². The summed E-state index contributed by atoms with van der Waals surface area (Å²) in [4.78, 5) is 21.4. The molecule has 2 aromatic rings. The second-order valence-corrected chi connectivity index (χ2v) is 6.03. The summed E-state index contributed by atoms with van der Waals surface area (Å²) in [5.74, 6) is -0.192. The summed E-state index contributed by atoms with van der Waals surface area (Å²) in [6.07, 6.45) is 1.93. The Morgan fingerprint density at radius 3 is 2.80 bits per heavy atom. The van der Waals surface area contributed by atoms with Crippen molar-refractivity contribution < 1.29 is 4.79 Å². The molecule has 1 heterocycles. The molecule has 1 aliphatic heterocycles. The number of amides is 1. The number of benzene rings is 2. The number of azide groups is 1. The minimum Gasteiger partial charge on any atom is -0.307 e. The molecule has 0 bridgehead atoms. The van der Waals surface area contributed by atoms with Crippen LogP contribution in [0.1, 0.15) is 23.6 Å². The number of fused-ring (bicyclic) bond motifs is 1. The molecular formula is C18H16ClN5O. The Bertz CT molecular complexity index is 846. The van der Waals surface area contributed by atoms with Crippen molar-refractivity contribution in [1.29, 1.82) is 0 Å². The van der Waals surface area contributed by atoms with E-state index in [0.29, 0.717) is 24.5 Å². The highest BCUT2D eigenvalue weighted by molar-refractivity contribution is 6.34. The van der Waals surface area contributed by atoms with Gasteiger partial charge in [-0.2, -0.15) is 0 Å². The molecule has 2 aromatic carbocycles. The fraction of sp³-hybridized carbons (Fsp3) is 0.222. The van der Waals surface area contributed by atoms with E-state index in [-0.39, 0.29) is 11.9 Å². The van der Waals surface area contributed by atoms with E-state index >= 15 is 0 Å². The van der Waals surface area contributed by atoms with Gasteiger partial charge in [0.15, 0.2) is 0 Å². The highest BCUT2D eigenvalue weighted by Crippen LogP contribution is 2.37. The lowest BCUT2D eigenvalue weighted by Crippen LogP contribution is -2.32. The maximum Gasteiger partial charge on any atom is 0.269 e. The predicted octanol–water partition coefficient (Wildman–Crippen LogP) is 4.55. The monoisotopic (exact) mass is 353 g/mol. The third kappa shape index (κ3) is 3.82. The summed E-state index contributed by atoms with van der Waals surface area (Å²) in [6.45, 7) is 0.780. The van der Waals surface area contributed by atoms with Crippen molar-refractivity contribution in [1.82, 2.24) is 0 Å². The summed E-state index contributed by atoms with van der Waals surface area (Å²) < 4.78 is 0. The number of hydrogen-bond acceptors (Lipinski definition) is 3. The van der Waals surface area contributed by atoms with Gasteiger partial charge in [-0.3, -0.25) is 9.79 Å². The van der Waals surface area contributed by atoms with Crippen molar-refractivity contribution in [3.8, 4) is 0 Å². The van der Waals surface area contributed by atoms with Gasteiger partial charge in [-0.05, 0) is 35.7 Å². The van der Waals surface area contributed by atoms with Gasteiger partial charge < -0.3 is 4.90 Å².